The van der Waals surface area contributed by atoms with Crippen molar-refractivity contribution in [2.24, 2.45) is 0 Å². The summed E-state index contributed by atoms with van der Waals surface area (Å²) in [6.45, 7) is 0. The Kier molecular flexibility index (Phi) is 4.39. The Morgan fingerprint density at radius 3 is 2.70 bits per heavy atom. The Bertz CT molecular complexity index is 1190. The minimum atomic E-state index is -4.56. The quantitative estimate of drug-likeness (QED) is 0.534. The van der Waals surface area contributed by atoms with Crippen molar-refractivity contribution in [1.29, 1.82) is 0 Å². The summed E-state index contributed by atoms with van der Waals surface area (Å²) in [6.07, 6.45) is 3.12. The molecule has 3 N–H and O–H groups in total. The lowest BCUT2D eigenvalue weighted by molar-refractivity contribution is -0.195. The van der Waals surface area contributed by atoms with E-state index < -0.39 is 22.9 Å². The van der Waals surface area contributed by atoms with Gasteiger partial charge in [-0.25, -0.2) is 4.98 Å². The molecule has 3 heterocycles. The number of anilines is 2. The Labute approximate surface area is 187 Å². The van der Waals surface area contributed by atoms with Crippen molar-refractivity contribution in [3.63, 3.8) is 0 Å². The van der Waals surface area contributed by atoms with Crippen LogP contribution in [0.3, 0.4) is 0 Å². The van der Waals surface area contributed by atoms with Gasteiger partial charge in [0.25, 0.3) is 0 Å². The van der Waals surface area contributed by atoms with Crippen LogP contribution in [-0.4, -0.2) is 46.9 Å². The molecule has 4 fully saturated rings. The minimum absolute atomic E-state index is 0.0139. The molecule has 0 aliphatic heterocycles. The molecule has 2 bridgehead atoms. The summed E-state index contributed by atoms with van der Waals surface area (Å²) in [4.78, 5) is 8.19. The highest BCUT2D eigenvalue weighted by atomic mass is 19.4. The van der Waals surface area contributed by atoms with E-state index in [0.717, 1.165) is 43.4 Å². The molecule has 2 atom stereocenters. The summed E-state index contributed by atoms with van der Waals surface area (Å²) < 4.78 is 42.7. The van der Waals surface area contributed by atoms with Gasteiger partial charge in [-0.3, -0.25) is 4.40 Å². The molecular weight excluding hydrogens is 435 g/mol. The van der Waals surface area contributed by atoms with Gasteiger partial charge in [-0.2, -0.15) is 18.2 Å². The third kappa shape index (κ3) is 3.58. The number of hydrogen-bond donors (Lipinski definition) is 3. The molecule has 0 spiro atoms. The molecule has 4 aliphatic rings. The highest BCUT2D eigenvalue weighted by Gasteiger charge is 2.68. The first kappa shape index (κ1) is 20.6. The van der Waals surface area contributed by atoms with E-state index in [0.29, 0.717) is 19.3 Å². The van der Waals surface area contributed by atoms with Crippen molar-refractivity contribution in [2.75, 3.05) is 10.6 Å². The van der Waals surface area contributed by atoms with Crippen LogP contribution < -0.4 is 10.6 Å². The third-order valence-corrected chi connectivity index (χ3v) is 7.19. The predicted molar refractivity (Wildman–Crippen MR) is 114 cm³/mol. The summed E-state index contributed by atoms with van der Waals surface area (Å²) >= 11 is 0. The smallest absolute Gasteiger partial charge is 0.390 e. The number of halogens is 3. The highest BCUT2D eigenvalue weighted by molar-refractivity contribution is 5.54. The number of pyridine rings is 1. The lowest BCUT2D eigenvalue weighted by Gasteiger charge is -2.67. The van der Waals surface area contributed by atoms with Crippen molar-refractivity contribution in [3.8, 4) is 0 Å². The summed E-state index contributed by atoms with van der Waals surface area (Å²) in [7, 11) is 0. The monoisotopic (exact) mass is 459 g/mol. The summed E-state index contributed by atoms with van der Waals surface area (Å²) in [5.41, 5.74) is -1.31. The molecule has 4 aliphatic carbocycles. The van der Waals surface area contributed by atoms with Crippen LogP contribution in [0.4, 0.5) is 24.9 Å². The maximum absolute atomic E-state index is 13.6. The molecule has 174 valence electrons. The minimum Gasteiger partial charge on any atom is -0.390 e. The van der Waals surface area contributed by atoms with E-state index in [9.17, 15) is 18.3 Å². The topological polar surface area (TPSA) is 100 Å². The van der Waals surface area contributed by atoms with Crippen LogP contribution >= 0.6 is 0 Å². The van der Waals surface area contributed by atoms with E-state index in [2.05, 4.69) is 30.8 Å². The van der Waals surface area contributed by atoms with Crippen molar-refractivity contribution >= 4 is 17.4 Å². The molecular formula is C22H24F3N7O. The van der Waals surface area contributed by atoms with Gasteiger partial charge in [-0.1, -0.05) is 12.5 Å². The molecule has 8 nitrogen and oxygen atoms in total. The van der Waals surface area contributed by atoms with Crippen LogP contribution in [0.2, 0.25) is 0 Å². The highest BCUT2D eigenvalue weighted by Crippen LogP contribution is 2.62. The zero-order valence-electron chi connectivity index (χ0n) is 17.8. The Balaban J connectivity index is 1.21. The fourth-order valence-corrected chi connectivity index (χ4v) is 5.75. The second-order valence-corrected chi connectivity index (χ2v) is 9.81. The summed E-state index contributed by atoms with van der Waals surface area (Å²) in [5.74, 6) is 1.03. The van der Waals surface area contributed by atoms with E-state index in [1.807, 2.05) is 28.8 Å². The van der Waals surface area contributed by atoms with E-state index in [-0.39, 0.29) is 23.7 Å². The lowest BCUT2D eigenvalue weighted by Crippen LogP contribution is -2.75. The average molecular weight is 459 g/mol. The molecule has 0 unspecified atom stereocenters. The van der Waals surface area contributed by atoms with E-state index in [1.54, 1.807) is 0 Å². The van der Waals surface area contributed by atoms with Crippen molar-refractivity contribution < 1.29 is 18.3 Å². The van der Waals surface area contributed by atoms with Gasteiger partial charge in [0.1, 0.15) is 17.2 Å². The Hall–Kier alpha value is -2.95. The SMILES string of the molecule is OC12CC(Nc3nc(N[C@@H]4CCC[C@H](c5nnc6ccccn56)C4)ncc3C(F)(F)F)(C1)C2. The second kappa shape index (κ2) is 7.02. The molecule has 11 heteroatoms. The molecule has 7 rings (SSSR count). The first-order valence-electron chi connectivity index (χ1n) is 11.2. The molecule has 0 radical (unpaired) electrons. The van der Waals surface area contributed by atoms with Gasteiger partial charge in [0, 0.05) is 29.9 Å². The maximum atomic E-state index is 13.6. The molecule has 0 amide bonds. The number of aromatic nitrogens is 5. The number of hydrogen-bond acceptors (Lipinski definition) is 7. The first-order valence-corrected chi connectivity index (χ1v) is 11.2. The van der Waals surface area contributed by atoms with Gasteiger partial charge in [0.05, 0.1) is 5.60 Å². The van der Waals surface area contributed by atoms with Gasteiger partial charge >= 0.3 is 6.18 Å². The number of fused-ring (bicyclic) bond motifs is 1. The van der Waals surface area contributed by atoms with Crippen LogP contribution in [0.25, 0.3) is 5.65 Å². The predicted octanol–water partition coefficient (Wildman–Crippen LogP) is 3.76. The summed E-state index contributed by atoms with van der Waals surface area (Å²) in [5, 5.41) is 24.8. The molecule has 0 saturated heterocycles. The first-order chi connectivity index (χ1) is 15.7. The molecule has 4 saturated carbocycles. The second-order valence-electron chi connectivity index (χ2n) is 9.81. The normalized spacial score (nSPS) is 31.0. The maximum Gasteiger partial charge on any atom is 0.421 e. The van der Waals surface area contributed by atoms with Crippen LogP contribution in [0.1, 0.15) is 62.3 Å². The van der Waals surface area contributed by atoms with Crippen molar-refractivity contribution in [2.45, 2.75) is 74.2 Å². The van der Waals surface area contributed by atoms with Crippen molar-refractivity contribution in [1.82, 2.24) is 24.6 Å². The van der Waals surface area contributed by atoms with Crippen LogP contribution in [0, 0.1) is 0 Å². The standard InChI is InChI=1S/C22H24F3N7O/c23-22(24,25)15-9-26-19(28-17(15)29-20-10-21(33,11-20)12-20)27-14-5-3-4-13(8-14)18-31-30-16-6-1-2-7-32(16)18/h1-2,6-7,9,13-14,33H,3-5,8,10-12H2,(H2,26,27,28,29)/t13-,14+,20?,21?/m0/s1. The number of nitrogens with one attached hydrogen (secondary N) is 2. The Morgan fingerprint density at radius 1 is 1.12 bits per heavy atom. The molecule has 3 aromatic heterocycles. The average Bonchev–Trinajstić information content (AvgIpc) is 3.16. The lowest BCUT2D eigenvalue weighted by atomic mass is 9.46. The number of aliphatic hydroxyl groups is 1. The van der Waals surface area contributed by atoms with Gasteiger partial charge in [-0.05, 0) is 50.7 Å². The fourth-order valence-electron chi connectivity index (χ4n) is 5.75. The van der Waals surface area contributed by atoms with Crippen LogP contribution in [0.15, 0.2) is 30.6 Å². The van der Waals surface area contributed by atoms with Gasteiger partial charge < -0.3 is 15.7 Å². The van der Waals surface area contributed by atoms with Crippen LogP contribution in [-0.2, 0) is 6.18 Å². The number of nitrogens with zero attached hydrogens (tertiary/aromatic N) is 5. The number of rotatable bonds is 5. The third-order valence-electron chi connectivity index (χ3n) is 7.19. The van der Waals surface area contributed by atoms with E-state index in [4.69, 9.17) is 0 Å². The molecule has 0 aromatic carbocycles. The molecule has 3 aromatic rings. The fraction of sp³-hybridized carbons (Fsp3) is 0.545. The van der Waals surface area contributed by atoms with E-state index >= 15 is 0 Å². The molecule has 33 heavy (non-hydrogen) atoms. The van der Waals surface area contributed by atoms with E-state index in [1.165, 1.54) is 0 Å². The largest absolute Gasteiger partial charge is 0.421 e. The summed E-state index contributed by atoms with van der Waals surface area (Å²) in [6, 6.07) is 5.78. The Morgan fingerprint density at radius 2 is 1.94 bits per heavy atom. The van der Waals surface area contributed by atoms with Crippen molar-refractivity contribution in [3.05, 3.63) is 42.0 Å². The zero-order chi connectivity index (χ0) is 22.8. The van der Waals surface area contributed by atoms with Gasteiger partial charge in [0.2, 0.25) is 5.95 Å². The number of alkyl halides is 3. The van der Waals surface area contributed by atoms with Crippen LogP contribution in [0.5, 0.6) is 0 Å². The van der Waals surface area contributed by atoms with Gasteiger partial charge in [0.15, 0.2) is 5.65 Å². The zero-order valence-corrected chi connectivity index (χ0v) is 17.8. The van der Waals surface area contributed by atoms with Gasteiger partial charge in [-0.15, -0.1) is 10.2 Å².